The second-order valence-corrected chi connectivity index (χ2v) is 5.17. The molecular formula is C12H18O4. The largest absolute Gasteiger partial charge is 0.480 e. The molecular weight excluding hydrogens is 208 g/mol. The Balaban J connectivity index is 2.32. The first-order valence-electron chi connectivity index (χ1n) is 5.90. The summed E-state index contributed by atoms with van der Waals surface area (Å²) < 4.78 is 4.71. The van der Waals surface area contributed by atoms with Gasteiger partial charge in [0.05, 0.1) is 7.11 Å². The van der Waals surface area contributed by atoms with Gasteiger partial charge in [0.2, 0.25) is 0 Å². The maximum atomic E-state index is 11.8. The highest BCUT2D eigenvalue weighted by Gasteiger charge is 2.52. The fraction of sp³-hybridized carbons (Fsp3) is 0.833. The van der Waals surface area contributed by atoms with Gasteiger partial charge in [0.15, 0.2) is 5.41 Å². The molecule has 0 saturated heterocycles. The molecule has 0 aromatic heterocycles. The third kappa shape index (κ3) is 1.70. The fourth-order valence-electron chi connectivity index (χ4n) is 3.33. The highest BCUT2D eigenvalue weighted by Crippen LogP contribution is 2.48. The van der Waals surface area contributed by atoms with Crippen molar-refractivity contribution >= 4 is 11.9 Å². The summed E-state index contributed by atoms with van der Waals surface area (Å²) >= 11 is 0. The minimum atomic E-state index is -1.27. The molecule has 3 fully saturated rings. The van der Waals surface area contributed by atoms with Gasteiger partial charge in [-0.3, -0.25) is 9.59 Å². The molecule has 0 aromatic carbocycles. The lowest BCUT2D eigenvalue weighted by molar-refractivity contribution is -0.169. The predicted molar refractivity (Wildman–Crippen MR) is 56.8 cm³/mol. The molecule has 0 spiro atoms. The van der Waals surface area contributed by atoms with Gasteiger partial charge in [0.25, 0.3) is 0 Å². The maximum absolute atomic E-state index is 11.8. The van der Waals surface area contributed by atoms with Crippen LogP contribution >= 0.6 is 0 Å². The SMILES string of the molecule is COC(=O)C1(C(=O)O)CC2CCC(CC2)C1. The van der Waals surface area contributed by atoms with Crippen LogP contribution in [0.5, 0.6) is 0 Å². The van der Waals surface area contributed by atoms with Gasteiger partial charge in [-0.25, -0.2) is 0 Å². The zero-order chi connectivity index (χ0) is 11.8. The molecule has 0 unspecified atom stereocenters. The van der Waals surface area contributed by atoms with Gasteiger partial charge in [-0.1, -0.05) is 25.7 Å². The van der Waals surface area contributed by atoms with Gasteiger partial charge < -0.3 is 9.84 Å². The number of carbonyl (C=O) groups is 2. The van der Waals surface area contributed by atoms with Crippen molar-refractivity contribution in [1.82, 2.24) is 0 Å². The lowest BCUT2D eigenvalue weighted by Gasteiger charge is -2.26. The smallest absolute Gasteiger partial charge is 0.323 e. The van der Waals surface area contributed by atoms with Crippen LogP contribution in [0.25, 0.3) is 0 Å². The van der Waals surface area contributed by atoms with E-state index in [4.69, 9.17) is 4.74 Å². The summed E-state index contributed by atoms with van der Waals surface area (Å²) in [5.74, 6) is -0.792. The monoisotopic (exact) mass is 226 g/mol. The molecule has 1 N–H and O–H groups in total. The Labute approximate surface area is 95.0 Å². The number of aliphatic carboxylic acids is 1. The summed E-state index contributed by atoms with van der Waals surface area (Å²) in [6.45, 7) is 0. The first kappa shape index (κ1) is 11.4. The van der Waals surface area contributed by atoms with Gasteiger partial charge in [-0.05, 0) is 24.7 Å². The number of carboxylic acid groups (broad SMARTS) is 1. The molecule has 3 aliphatic rings. The van der Waals surface area contributed by atoms with Gasteiger partial charge in [-0.15, -0.1) is 0 Å². The normalized spacial score (nSPS) is 37.8. The van der Waals surface area contributed by atoms with Crippen LogP contribution in [0.15, 0.2) is 0 Å². The van der Waals surface area contributed by atoms with E-state index >= 15 is 0 Å². The number of carboxylic acids is 1. The second-order valence-electron chi connectivity index (χ2n) is 5.17. The molecule has 0 aromatic rings. The molecule has 4 nitrogen and oxygen atoms in total. The van der Waals surface area contributed by atoms with Crippen molar-refractivity contribution in [2.75, 3.05) is 7.11 Å². The molecule has 0 amide bonds. The zero-order valence-corrected chi connectivity index (χ0v) is 9.57. The van der Waals surface area contributed by atoms with E-state index in [2.05, 4.69) is 0 Å². The van der Waals surface area contributed by atoms with Crippen LogP contribution in [0.3, 0.4) is 0 Å². The van der Waals surface area contributed by atoms with E-state index < -0.39 is 17.4 Å². The van der Waals surface area contributed by atoms with E-state index in [0.717, 1.165) is 25.7 Å². The van der Waals surface area contributed by atoms with E-state index in [9.17, 15) is 14.7 Å². The number of fused-ring (bicyclic) bond motifs is 4. The lowest BCUT2D eigenvalue weighted by atomic mass is 9.77. The summed E-state index contributed by atoms with van der Waals surface area (Å²) in [5.41, 5.74) is -1.27. The summed E-state index contributed by atoms with van der Waals surface area (Å²) in [6, 6.07) is 0. The van der Waals surface area contributed by atoms with Crippen LogP contribution in [-0.2, 0) is 14.3 Å². The quantitative estimate of drug-likeness (QED) is 0.576. The number of methoxy groups -OCH3 is 1. The van der Waals surface area contributed by atoms with Crippen molar-refractivity contribution < 1.29 is 19.4 Å². The third-order valence-electron chi connectivity index (χ3n) is 4.23. The van der Waals surface area contributed by atoms with Crippen LogP contribution in [0.1, 0.15) is 38.5 Å². The van der Waals surface area contributed by atoms with Gasteiger partial charge >= 0.3 is 11.9 Å². The Morgan fingerprint density at radius 1 is 1.12 bits per heavy atom. The first-order chi connectivity index (χ1) is 7.58. The Kier molecular flexibility index (Phi) is 2.91. The Morgan fingerprint density at radius 2 is 1.56 bits per heavy atom. The van der Waals surface area contributed by atoms with Gasteiger partial charge in [0.1, 0.15) is 0 Å². The van der Waals surface area contributed by atoms with Crippen molar-refractivity contribution in [3.63, 3.8) is 0 Å². The van der Waals surface area contributed by atoms with Gasteiger partial charge in [0, 0.05) is 0 Å². The standard InChI is InChI=1S/C12H18O4/c1-16-11(15)12(10(13)14)6-8-2-3-9(7-12)5-4-8/h8-9H,2-7H2,1H3,(H,13,14). The van der Waals surface area contributed by atoms with E-state index in [1.807, 2.05) is 0 Å². The van der Waals surface area contributed by atoms with Crippen molar-refractivity contribution in [3.8, 4) is 0 Å². The van der Waals surface area contributed by atoms with Crippen molar-refractivity contribution in [2.45, 2.75) is 38.5 Å². The van der Waals surface area contributed by atoms with Crippen LogP contribution in [-0.4, -0.2) is 24.2 Å². The molecule has 3 rings (SSSR count). The number of hydrogen-bond acceptors (Lipinski definition) is 3. The topological polar surface area (TPSA) is 63.6 Å². The molecule has 3 aliphatic carbocycles. The minimum Gasteiger partial charge on any atom is -0.480 e. The van der Waals surface area contributed by atoms with Crippen LogP contribution in [0.4, 0.5) is 0 Å². The highest BCUT2D eigenvalue weighted by atomic mass is 16.5. The Hall–Kier alpha value is -1.06. The number of ether oxygens (including phenoxy) is 1. The number of carbonyl (C=O) groups excluding carboxylic acids is 1. The van der Waals surface area contributed by atoms with Crippen LogP contribution in [0.2, 0.25) is 0 Å². The number of hydrogen-bond donors (Lipinski definition) is 1. The van der Waals surface area contributed by atoms with Crippen molar-refractivity contribution in [2.24, 2.45) is 17.3 Å². The average Bonchev–Trinajstić information content (AvgIpc) is 2.58. The second kappa shape index (κ2) is 4.07. The molecule has 3 saturated carbocycles. The molecule has 0 aliphatic heterocycles. The van der Waals surface area contributed by atoms with E-state index in [1.54, 1.807) is 0 Å². The number of rotatable bonds is 2. The highest BCUT2D eigenvalue weighted by molar-refractivity contribution is 5.99. The molecule has 0 radical (unpaired) electrons. The minimum absolute atomic E-state index is 0.383. The van der Waals surface area contributed by atoms with Crippen LogP contribution < -0.4 is 0 Å². The van der Waals surface area contributed by atoms with Gasteiger partial charge in [-0.2, -0.15) is 0 Å². The van der Waals surface area contributed by atoms with E-state index in [-0.39, 0.29) is 0 Å². The molecule has 90 valence electrons. The lowest BCUT2D eigenvalue weighted by Crippen LogP contribution is -2.41. The molecule has 4 heteroatoms. The summed E-state index contributed by atoms with van der Waals surface area (Å²) in [4.78, 5) is 23.2. The predicted octanol–water partition coefficient (Wildman–Crippen LogP) is 1.83. The Morgan fingerprint density at radius 3 is 1.88 bits per heavy atom. The van der Waals surface area contributed by atoms with E-state index in [1.165, 1.54) is 7.11 Å². The van der Waals surface area contributed by atoms with Crippen LogP contribution in [0, 0.1) is 17.3 Å². The fourth-order valence-corrected chi connectivity index (χ4v) is 3.33. The van der Waals surface area contributed by atoms with Crippen molar-refractivity contribution in [1.29, 1.82) is 0 Å². The molecule has 16 heavy (non-hydrogen) atoms. The van der Waals surface area contributed by atoms with E-state index in [0.29, 0.717) is 24.7 Å². The molecule has 0 heterocycles. The first-order valence-corrected chi connectivity index (χ1v) is 5.90. The summed E-state index contributed by atoms with van der Waals surface area (Å²) in [6.07, 6.45) is 5.19. The number of esters is 1. The maximum Gasteiger partial charge on any atom is 0.323 e. The summed E-state index contributed by atoms with van der Waals surface area (Å²) in [7, 11) is 1.28. The van der Waals surface area contributed by atoms with Crippen molar-refractivity contribution in [3.05, 3.63) is 0 Å². The zero-order valence-electron chi connectivity index (χ0n) is 9.57. The molecule has 0 atom stereocenters. The average molecular weight is 226 g/mol. The third-order valence-corrected chi connectivity index (χ3v) is 4.23. The molecule has 2 bridgehead atoms. The summed E-state index contributed by atoms with van der Waals surface area (Å²) in [5, 5.41) is 9.38. The Bertz CT molecular complexity index is 288.